The summed E-state index contributed by atoms with van der Waals surface area (Å²) >= 11 is 3.49. The van der Waals surface area contributed by atoms with E-state index in [1.165, 1.54) is 0 Å². The van der Waals surface area contributed by atoms with Crippen molar-refractivity contribution in [3.63, 3.8) is 0 Å². The van der Waals surface area contributed by atoms with Crippen molar-refractivity contribution in [2.45, 2.75) is 19.9 Å². The third-order valence-electron chi connectivity index (χ3n) is 3.98. The molecule has 2 unspecified atom stereocenters. The van der Waals surface area contributed by atoms with E-state index in [4.69, 9.17) is 9.47 Å². The predicted molar refractivity (Wildman–Crippen MR) is 80.4 cm³/mol. The number of hydrogen-bond donors (Lipinski definition) is 1. The van der Waals surface area contributed by atoms with E-state index in [9.17, 15) is 9.90 Å². The first-order chi connectivity index (χ1) is 10.0. The molecule has 0 aliphatic carbocycles. The molecule has 2 heterocycles. The second kappa shape index (κ2) is 5.85. The molecule has 6 heteroatoms. The number of ether oxygens (including phenoxy) is 2. The topological polar surface area (TPSA) is 59.0 Å². The summed E-state index contributed by atoms with van der Waals surface area (Å²) in [6.07, 6.45) is 0.761. The van der Waals surface area contributed by atoms with Crippen molar-refractivity contribution >= 4 is 21.9 Å². The number of piperidine rings is 1. The molecule has 2 aliphatic heterocycles. The molecule has 0 amide bonds. The first kappa shape index (κ1) is 14.7. The minimum atomic E-state index is -0.696. The minimum absolute atomic E-state index is 0.249. The number of carboxylic acid groups (broad SMARTS) is 1. The van der Waals surface area contributed by atoms with Crippen molar-refractivity contribution in [1.82, 2.24) is 4.90 Å². The molecule has 1 aromatic carbocycles. The molecule has 2 aliphatic rings. The lowest BCUT2D eigenvalue weighted by Crippen LogP contribution is -2.41. The van der Waals surface area contributed by atoms with Crippen LogP contribution in [0, 0.1) is 11.8 Å². The van der Waals surface area contributed by atoms with E-state index in [-0.39, 0.29) is 12.7 Å². The SMILES string of the molecule is CC1CC(C(=O)O)CN(Cc2cc(Br)c3c(c2)OCO3)C1. The molecule has 0 saturated carbocycles. The van der Waals surface area contributed by atoms with Crippen molar-refractivity contribution in [1.29, 1.82) is 0 Å². The van der Waals surface area contributed by atoms with E-state index in [0.29, 0.717) is 12.5 Å². The predicted octanol–water partition coefficient (Wildman–Crippen LogP) is 2.72. The molecule has 114 valence electrons. The van der Waals surface area contributed by atoms with Crippen molar-refractivity contribution < 1.29 is 19.4 Å². The van der Waals surface area contributed by atoms with Crippen molar-refractivity contribution in [2.24, 2.45) is 11.8 Å². The first-order valence-electron chi connectivity index (χ1n) is 7.06. The van der Waals surface area contributed by atoms with Gasteiger partial charge in [0.1, 0.15) is 0 Å². The Bertz CT molecular complexity index is 563. The Kier molecular flexibility index (Phi) is 4.08. The van der Waals surface area contributed by atoms with Crippen LogP contribution >= 0.6 is 15.9 Å². The van der Waals surface area contributed by atoms with Gasteiger partial charge in [0.25, 0.3) is 0 Å². The fourth-order valence-corrected chi connectivity index (χ4v) is 3.74. The van der Waals surface area contributed by atoms with Crippen molar-refractivity contribution in [2.75, 3.05) is 19.9 Å². The Morgan fingerprint density at radius 2 is 2.24 bits per heavy atom. The van der Waals surface area contributed by atoms with Crippen LogP contribution in [0.1, 0.15) is 18.9 Å². The smallest absolute Gasteiger partial charge is 0.307 e. The normalized spacial score (nSPS) is 25.0. The summed E-state index contributed by atoms with van der Waals surface area (Å²) in [5, 5.41) is 9.24. The van der Waals surface area contributed by atoms with Crippen LogP contribution in [0.2, 0.25) is 0 Å². The van der Waals surface area contributed by atoms with E-state index in [2.05, 4.69) is 27.8 Å². The first-order valence-corrected chi connectivity index (χ1v) is 7.85. The highest BCUT2D eigenvalue weighted by molar-refractivity contribution is 9.10. The zero-order valence-corrected chi connectivity index (χ0v) is 13.4. The summed E-state index contributed by atoms with van der Waals surface area (Å²) in [5.41, 5.74) is 1.10. The van der Waals surface area contributed by atoms with Gasteiger partial charge in [-0.1, -0.05) is 6.92 Å². The second-order valence-electron chi connectivity index (χ2n) is 5.88. The van der Waals surface area contributed by atoms with Gasteiger partial charge in [-0.2, -0.15) is 0 Å². The van der Waals surface area contributed by atoms with E-state index < -0.39 is 5.97 Å². The van der Waals surface area contributed by atoms with Gasteiger partial charge in [-0.05, 0) is 46.0 Å². The van der Waals surface area contributed by atoms with Gasteiger partial charge in [-0.15, -0.1) is 0 Å². The summed E-state index contributed by atoms with van der Waals surface area (Å²) in [7, 11) is 0. The number of hydrogen-bond acceptors (Lipinski definition) is 4. The van der Waals surface area contributed by atoms with Crippen molar-refractivity contribution in [3.05, 3.63) is 22.2 Å². The number of nitrogens with zero attached hydrogens (tertiary/aromatic N) is 1. The average molecular weight is 356 g/mol. The van der Waals surface area contributed by atoms with Crippen LogP contribution in [0.4, 0.5) is 0 Å². The number of rotatable bonds is 3. The minimum Gasteiger partial charge on any atom is -0.481 e. The maximum absolute atomic E-state index is 11.2. The molecular weight excluding hydrogens is 338 g/mol. The monoisotopic (exact) mass is 355 g/mol. The van der Waals surface area contributed by atoms with Gasteiger partial charge in [0.2, 0.25) is 6.79 Å². The van der Waals surface area contributed by atoms with Gasteiger partial charge in [0.05, 0.1) is 10.4 Å². The van der Waals surface area contributed by atoms with Crippen LogP contribution < -0.4 is 9.47 Å². The fraction of sp³-hybridized carbons (Fsp3) is 0.533. The highest BCUT2D eigenvalue weighted by Crippen LogP contribution is 2.40. The number of benzene rings is 1. The van der Waals surface area contributed by atoms with Crippen LogP contribution in [0.25, 0.3) is 0 Å². The van der Waals surface area contributed by atoms with Crippen molar-refractivity contribution in [3.8, 4) is 11.5 Å². The molecule has 0 aromatic heterocycles. The highest BCUT2D eigenvalue weighted by Gasteiger charge is 2.29. The average Bonchev–Trinajstić information content (AvgIpc) is 2.86. The van der Waals surface area contributed by atoms with Gasteiger partial charge in [-0.3, -0.25) is 9.69 Å². The van der Waals surface area contributed by atoms with E-state index >= 15 is 0 Å². The van der Waals surface area contributed by atoms with Gasteiger partial charge < -0.3 is 14.6 Å². The summed E-state index contributed by atoms with van der Waals surface area (Å²) in [5.74, 6) is 0.926. The van der Waals surface area contributed by atoms with Crippen LogP contribution in [0.15, 0.2) is 16.6 Å². The molecule has 3 rings (SSSR count). The highest BCUT2D eigenvalue weighted by atomic mass is 79.9. The number of aliphatic carboxylic acids is 1. The lowest BCUT2D eigenvalue weighted by molar-refractivity contribution is -0.144. The molecule has 0 spiro atoms. The number of halogens is 1. The van der Waals surface area contributed by atoms with Gasteiger partial charge >= 0.3 is 5.97 Å². The molecule has 1 aromatic rings. The Hall–Kier alpha value is -1.27. The number of carbonyl (C=O) groups is 1. The number of carboxylic acids is 1. The molecule has 1 N–H and O–H groups in total. The van der Waals surface area contributed by atoms with E-state index in [1.54, 1.807) is 0 Å². The summed E-state index contributed by atoms with van der Waals surface area (Å²) in [6, 6.07) is 3.99. The molecular formula is C15H18BrNO4. The fourth-order valence-electron chi connectivity index (χ4n) is 3.14. The number of fused-ring (bicyclic) bond motifs is 1. The summed E-state index contributed by atoms with van der Waals surface area (Å²) in [6.45, 7) is 4.61. The third-order valence-corrected chi connectivity index (χ3v) is 4.57. The Morgan fingerprint density at radius 3 is 3.00 bits per heavy atom. The molecule has 21 heavy (non-hydrogen) atoms. The zero-order chi connectivity index (χ0) is 15.0. The van der Waals surface area contributed by atoms with Gasteiger partial charge in [0, 0.05) is 19.6 Å². The standard InChI is InChI=1S/C15H18BrNO4/c1-9-2-11(15(18)19)7-17(5-9)6-10-3-12(16)14-13(4-10)20-8-21-14/h3-4,9,11H,2,5-8H2,1H3,(H,18,19). The van der Waals surface area contributed by atoms with Crippen LogP contribution in [-0.2, 0) is 11.3 Å². The third kappa shape index (κ3) is 3.16. The quantitative estimate of drug-likeness (QED) is 0.903. The lowest BCUT2D eigenvalue weighted by Gasteiger charge is -2.34. The van der Waals surface area contributed by atoms with E-state index in [0.717, 1.165) is 41.0 Å². The Labute approximate surface area is 132 Å². The molecule has 0 bridgehead atoms. The lowest BCUT2D eigenvalue weighted by atomic mass is 9.90. The zero-order valence-electron chi connectivity index (χ0n) is 11.8. The maximum Gasteiger partial charge on any atom is 0.307 e. The molecule has 5 nitrogen and oxygen atoms in total. The summed E-state index contributed by atoms with van der Waals surface area (Å²) < 4.78 is 11.7. The maximum atomic E-state index is 11.2. The van der Waals surface area contributed by atoms with Gasteiger partial charge in [-0.25, -0.2) is 0 Å². The van der Waals surface area contributed by atoms with Gasteiger partial charge in [0.15, 0.2) is 11.5 Å². The summed E-state index contributed by atoms with van der Waals surface area (Å²) in [4.78, 5) is 13.4. The number of likely N-dealkylation sites (tertiary alicyclic amines) is 1. The Balaban J connectivity index is 1.74. The Morgan fingerprint density at radius 1 is 1.43 bits per heavy atom. The molecule has 0 radical (unpaired) electrons. The largest absolute Gasteiger partial charge is 0.481 e. The molecule has 1 saturated heterocycles. The van der Waals surface area contributed by atoms with Crippen LogP contribution in [-0.4, -0.2) is 35.9 Å². The molecule has 2 atom stereocenters. The second-order valence-corrected chi connectivity index (χ2v) is 6.74. The molecule has 1 fully saturated rings. The van der Waals surface area contributed by atoms with Crippen LogP contribution in [0.5, 0.6) is 11.5 Å². The van der Waals surface area contributed by atoms with Crippen LogP contribution in [0.3, 0.4) is 0 Å². The van der Waals surface area contributed by atoms with E-state index in [1.807, 2.05) is 12.1 Å².